The summed E-state index contributed by atoms with van der Waals surface area (Å²) in [7, 11) is 1.63. The number of imidazole rings is 1. The Morgan fingerprint density at radius 3 is 2.50 bits per heavy atom. The minimum Gasteiger partial charge on any atom is -0.334 e. The van der Waals surface area contributed by atoms with Crippen molar-refractivity contribution in [2.75, 3.05) is 12.4 Å². The Morgan fingerprint density at radius 1 is 1.13 bits per heavy atom. The lowest BCUT2D eigenvalue weighted by molar-refractivity contribution is -0.131. The number of hydrogen-bond acceptors (Lipinski definition) is 5. The van der Waals surface area contributed by atoms with Crippen LogP contribution in [0.3, 0.4) is 0 Å². The van der Waals surface area contributed by atoms with Gasteiger partial charge in [0.15, 0.2) is 0 Å². The SMILES string of the molecule is CN1C(=O)CC[C@H]1C(=O)Nc1ccc(-c2ccc(C(=O)n3ccnc3)c(=O)[nH]2)cc1. The number of likely N-dealkylation sites (N-methyl/N-ethyl adjacent to an activating group) is 1. The van der Waals surface area contributed by atoms with E-state index in [-0.39, 0.29) is 17.4 Å². The Bertz CT molecular complexity index is 1160. The van der Waals surface area contributed by atoms with Crippen molar-refractivity contribution in [2.24, 2.45) is 0 Å². The number of nitrogens with one attached hydrogen (secondary N) is 2. The first-order chi connectivity index (χ1) is 14.4. The Labute approximate surface area is 171 Å². The number of hydrogen-bond donors (Lipinski definition) is 2. The third-order valence-corrected chi connectivity index (χ3v) is 5.14. The van der Waals surface area contributed by atoms with Gasteiger partial charge in [0.05, 0.1) is 0 Å². The van der Waals surface area contributed by atoms with Gasteiger partial charge in [0.25, 0.3) is 11.5 Å². The summed E-state index contributed by atoms with van der Waals surface area (Å²) in [6.07, 6.45) is 5.15. The van der Waals surface area contributed by atoms with Gasteiger partial charge in [0.1, 0.15) is 17.9 Å². The van der Waals surface area contributed by atoms with Crippen LogP contribution >= 0.6 is 0 Å². The molecule has 0 aliphatic carbocycles. The van der Waals surface area contributed by atoms with E-state index in [1.165, 1.54) is 34.3 Å². The van der Waals surface area contributed by atoms with Gasteiger partial charge in [-0.3, -0.25) is 23.7 Å². The van der Waals surface area contributed by atoms with Gasteiger partial charge in [-0.25, -0.2) is 4.98 Å². The molecular formula is C21H19N5O4. The summed E-state index contributed by atoms with van der Waals surface area (Å²) >= 11 is 0. The molecule has 3 aromatic rings. The number of benzene rings is 1. The molecule has 2 N–H and O–H groups in total. The van der Waals surface area contributed by atoms with Crippen LogP contribution < -0.4 is 10.9 Å². The molecule has 1 atom stereocenters. The summed E-state index contributed by atoms with van der Waals surface area (Å²) in [4.78, 5) is 56.6. The highest BCUT2D eigenvalue weighted by Crippen LogP contribution is 2.21. The number of nitrogens with zero attached hydrogens (tertiary/aromatic N) is 3. The first-order valence-electron chi connectivity index (χ1n) is 9.37. The Balaban J connectivity index is 1.48. The summed E-state index contributed by atoms with van der Waals surface area (Å²) in [6, 6.07) is 9.59. The van der Waals surface area contributed by atoms with Crippen LogP contribution in [0.1, 0.15) is 23.2 Å². The molecule has 1 fully saturated rings. The molecule has 2 aromatic heterocycles. The van der Waals surface area contributed by atoms with E-state index in [2.05, 4.69) is 15.3 Å². The quantitative estimate of drug-likeness (QED) is 0.682. The van der Waals surface area contributed by atoms with Crippen molar-refractivity contribution in [1.29, 1.82) is 0 Å². The highest BCUT2D eigenvalue weighted by Gasteiger charge is 2.33. The van der Waals surface area contributed by atoms with Crippen molar-refractivity contribution in [3.63, 3.8) is 0 Å². The molecule has 0 unspecified atom stereocenters. The number of anilines is 1. The first-order valence-corrected chi connectivity index (χ1v) is 9.37. The molecule has 1 saturated heterocycles. The van der Waals surface area contributed by atoms with Gasteiger partial charge in [-0.2, -0.15) is 0 Å². The molecule has 0 radical (unpaired) electrons. The van der Waals surface area contributed by atoms with Crippen molar-refractivity contribution in [2.45, 2.75) is 18.9 Å². The molecular weight excluding hydrogens is 386 g/mol. The number of aromatic nitrogens is 3. The van der Waals surface area contributed by atoms with Gasteiger partial charge in [-0.15, -0.1) is 0 Å². The van der Waals surface area contributed by atoms with Gasteiger partial charge >= 0.3 is 0 Å². The fourth-order valence-electron chi connectivity index (χ4n) is 3.40. The van der Waals surface area contributed by atoms with E-state index in [1.54, 1.807) is 37.4 Å². The number of rotatable bonds is 4. The van der Waals surface area contributed by atoms with Crippen LogP contribution in [0.15, 0.2) is 59.9 Å². The maximum atomic E-state index is 12.4. The summed E-state index contributed by atoms with van der Waals surface area (Å²) in [5.74, 6) is -0.731. The lowest BCUT2D eigenvalue weighted by Gasteiger charge is -2.19. The maximum Gasteiger partial charge on any atom is 0.268 e. The van der Waals surface area contributed by atoms with E-state index >= 15 is 0 Å². The second-order valence-corrected chi connectivity index (χ2v) is 7.02. The van der Waals surface area contributed by atoms with Crippen LogP contribution in [0.5, 0.6) is 0 Å². The molecule has 0 spiro atoms. The van der Waals surface area contributed by atoms with Crippen molar-refractivity contribution in [3.05, 3.63) is 71.0 Å². The number of likely N-dealkylation sites (tertiary alicyclic amines) is 1. The molecule has 9 nitrogen and oxygen atoms in total. The standard InChI is InChI=1S/C21H19N5O4/c1-25-17(8-9-18(25)27)20(29)23-14-4-2-13(3-5-14)16-7-6-15(19(28)24-16)21(30)26-11-10-22-12-26/h2-7,10-12,17H,8-9H2,1H3,(H,23,29)(H,24,28)/t17-/m0/s1. The first kappa shape index (κ1) is 19.3. The smallest absolute Gasteiger partial charge is 0.268 e. The van der Waals surface area contributed by atoms with E-state index in [1.807, 2.05) is 0 Å². The third-order valence-electron chi connectivity index (χ3n) is 5.14. The average molecular weight is 405 g/mol. The number of amides is 2. The van der Waals surface area contributed by atoms with Crippen LogP contribution in [-0.2, 0) is 9.59 Å². The topological polar surface area (TPSA) is 117 Å². The number of carbonyl (C=O) groups excluding carboxylic acids is 3. The predicted octanol–water partition coefficient (Wildman–Crippen LogP) is 1.49. The summed E-state index contributed by atoms with van der Waals surface area (Å²) < 4.78 is 1.23. The molecule has 1 aliphatic rings. The number of H-pyrrole nitrogens is 1. The summed E-state index contributed by atoms with van der Waals surface area (Å²) in [5, 5.41) is 2.81. The van der Waals surface area contributed by atoms with Crippen LogP contribution in [0.25, 0.3) is 11.3 Å². The zero-order valence-electron chi connectivity index (χ0n) is 16.2. The monoisotopic (exact) mass is 405 g/mol. The van der Waals surface area contributed by atoms with Gasteiger partial charge in [-0.05, 0) is 36.2 Å². The van der Waals surface area contributed by atoms with Crippen LogP contribution in [0.4, 0.5) is 5.69 Å². The fourth-order valence-corrected chi connectivity index (χ4v) is 3.40. The van der Waals surface area contributed by atoms with Gasteiger partial charge < -0.3 is 15.2 Å². The molecule has 9 heteroatoms. The maximum absolute atomic E-state index is 12.4. The lowest BCUT2D eigenvalue weighted by Crippen LogP contribution is -2.38. The molecule has 0 bridgehead atoms. The van der Waals surface area contributed by atoms with E-state index in [0.29, 0.717) is 24.2 Å². The van der Waals surface area contributed by atoms with Crippen molar-refractivity contribution in [3.8, 4) is 11.3 Å². The van der Waals surface area contributed by atoms with E-state index in [9.17, 15) is 19.2 Å². The lowest BCUT2D eigenvalue weighted by atomic mass is 10.1. The van der Waals surface area contributed by atoms with Crippen LogP contribution in [0, 0.1) is 0 Å². The molecule has 30 heavy (non-hydrogen) atoms. The zero-order valence-corrected chi connectivity index (χ0v) is 16.2. The fraction of sp³-hybridized carbons (Fsp3) is 0.190. The number of aromatic amines is 1. The van der Waals surface area contributed by atoms with E-state index in [4.69, 9.17) is 0 Å². The van der Waals surface area contributed by atoms with Gasteiger partial charge in [-0.1, -0.05) is 12.1 Å². The minimum absolute atomic E-state index is 0.0101. The van der Waals surface area contributed by atoms with E-state index in [0.717, 1.165) is 5.56 Å². The summed E-state index contributed by atoms with van der Waals surface area (Å²) in [6.45, 7) is 0. The largest absolute Gasteiger partial charge is 0.334 e. The molecule has 4 rings (SSSR count). The highest BCUT2D eigenvalue weighted by molar-refractivity contribution is 5.99. The van der Waals surface area contributed by atoms with Crippen LogP contribution in [0.2, 0.25) is 0 Å². The highest BCUT2D eigenvalue weighted by atomic mass is 16.2. The molecule has 3 heterocycles. The van der Waals surface area contributed by atoms with Gasteiger partial charge in [0.2, 0.25) is 11.8 Å². The number of pyridine rings is 1. The molecule has 2 amide bonds. The van der Waals surface area contributed by atoms with Crippen LogP contribution in [-0.4, -0.2) is 50.2 Å². The Hall–Kier alpha value is -4.01. The molecule has 152 valence electrons. The van der Waals surface area contributed by atoms with Crippen molar-refractivity contribution >= 4 is 23.4 Å². The van der Waals surface area contributed by atoms with Gasteiger partial charge in [0, 0.05) is 37.2 Å². The Morgan fingerprint density at radius 2 is 1.90 bits per heavy atom. The van der Waals surface area contributed by atoms with Crippen molar-refractivity contribution < 1.29 is 14.4 Å². The average Bonchev–Trinajstić information content (AvgIpc) is 3.39. The second-order valence-electron chi connectivity index (χ2n) is 7.02. The molecule has 1 aliphatic heterocycles. The van der Waals surface area contributed by atoms with Crippen molar-refractivity contribution in [1.82, 2.24) is 19.4 Å². The second kappa shape index (κ2) is 7.78. The van der Waals surface area contributed by atoms with E-state index < -0.39 is 17.5 Å². The minimum atomic E-state index is -0.502. The number of carbonyl (C=O) groups is 3. The molecule has 1 aromatic carbocycles. The normalized spacial score (nSPS) is 16.0. The predicted molar refractivity (Wildman–Crippen MR) is 109 cm³/mol. The summed E-state index contributed by atoms with van der Waals surface area (Å²) in [5.41, 5.74) is 1.36. The Kier molecular flexibility index (Phi) is 5.01. The molecule has 0 saturated carbocycles. The zero-order chi connectivity index (χ0) is 21.3. The third kappa shape index (κ3) is 3.64.